The van der Waals surface area contributed by atoms with Gasteiger partial charge in [0.15, 0.2) is 5.78 Å². The average molecular weight is 228 g/mol. The predicted octanol–water partition coefficient (Wildman–Crippen LogP) is 2.74. The van der Waals surface area contributed by atoms with Crippen LogP contribution in [0.25, 0.3) is 0 Å². The van der Waals surface area contributed by atoms with Gasteiger partial charge in [-0.25, -0.2) is 4.39 Å². The summed E-state index contributed by atoms with van der Waals surface area (Å²) < 4.78 is 13.3. The van der Waals surface area contributed by atoms with Crippen molar-refractivity contribution in [2.24, 2.45) is 0 Å². The second-order valence-electron chi connectivity index (χ2n) is 3.24. The molecule has 0 radical (unpaired) electrons. The Morgan fingerprint density at radius 2 is 2.13 bits per heavy atom. The van der Waals surface area contributed by atoms with Crippen molar-refractivity contribution in [3.8, 4) is 0 Å². The number of rotatable bonds is 3. The molecular weight excluding hydrogens is 217 g/mol. The SMILES string of the molecule is CN(C)C=CC(=O)c1c(F)cccc1Cl. The van der Waals surface area contributed by atoms with Gasteiger partial charge in [0, 0.05) is 26.4 Å². The molecule has 15 heavy (non-hydrogen) atoms. The Morgan fingerprint density at radius 3 is 2.67 bits per heavy atom. The van der Waals surface area contributed by atoms with Crippen molar-refractivity contribution in [2.45, 2.75) is 0 Å². The number of hydrogen-bond acceptors (Lipinski definition) is 2. The van der Waals surface area contributed by atoms with E-state index in [0.29, 0.717) is 0 Å². The molecule has 80 valence electrons. The Labute approximate surface area is 93.0 Å². The summed E-state index contributed by atoms with van der Waals surface area (Å²) >= 11 is 5.73. The monoisotopic (exact) mass is 227 g/mol. The minimum atomic E-state index is -0.601. The summed E-state index contributed by atoms with van der Waals surface area (Å²) in [5.74, 6) is -1.04. The molecule has 0 aliphatic rings. The van der Waals surface area contributed by atoms with Gasteiger partial charge in [0.05, 0.1) is 10.6 Å². The summed E-state index contributed by atoms with van der Waals surface area (Å²) in [4.78, 5) is 13.2. The summed E-state index contributed by atoms with van der Waals surface area (Å²) in [5, 5.41) is 0.128. The van der Waals surface area contributed by atoms with Crippen LogP contribution >= 0.6 is 11.6 Å². The van der Waals surface area contributed by atoms with Gasteiger partial charge in [0.1, 0.15) is 5.82 Å². The van der Waals surface area contributed by atoms with Crippen LogP contribution in [0.1, 0.15) is 10.4 Å². The Morgan fingerprint density at radius 1 is 1.47 bits per heavy atom. The highest BCUT2D eigenvalue weighted by Gasteiger charge is 2.12. The van der Waals surface area contributed by atoms with Crippen LogP contribution in [0.3, 0.4) is 0 Å². The van der Waals surface area contributed by atoms with E-state index in [1.807, 2.05) is 0 Å². The first kappa shape index (κ1) is 11.7. The Balaban J connectivity index is 3.01. The van der Waals surface area contributed by atoms with Crippen LogP contribution in [0.4, 0.5) is 4.39 Å². The smallest absolute Gasteiger partial charge is 0.191 e. The van der Waals surface area contributed by atoms with Crippen molar-refractivity contribution < 1.29 is 9.18 Å². The molecule has 0 saturated heterocycles. The maximum atomic E-state index is 13.3. The number of carbonyl (C=O) groups excluding carboxylic acids is 1. The Kier molecular flexibility index (Phi) is 3.86. The maximum Gasteiger partial charge on any atom is 0.191 e. The summed E-state index contributed by atoms with van der Waals surface area (Å²) in [6.45, 7) is 0. The lowest BCUT2D eigenvalue weighted by Gasteiger charge is -2.04. The van der Waals surface area contributed by atoms with Gasteiger partial charge in [0.25, 0.3) is 0 Å². The first-order chi connectivity index (χ1) is 7.02. The first-order valence-electron chi connectivity index (χ1n) is 4.35. The molecule has 0 bridgehead atoms. The summed E-state index contributed by atoms with van der Waals surface area (Å²) in [6, 6.07) is 4.16. The Bertz CT molecular complexity index is 381. The molecule has 0 amide bonds. The molecule has 0 fully saturated rings. The fraction of sp³-hybridized carbons (Fsp3) is 0.182. The summed E-state index contributed by atoms with van der Waals surface area (Å²) in [7, 11) is 3.54. The average Bonchev–Trinajstić information content (AvgIpc) is 2.14. The van der Waals surface area contributed by atoms with Gasteiger partial charge in [-0.05, 0) is 12.1 Å². The lowest BCUT2D eigenvalue weighted by atomic mass is 10.1. The number of hydrogen-bond donors (Lipinski definition) is 0. The van der Waals surface area contributed by atoms with E-state index in [1.54, 1.807) is 25.2 Å². The maximum absolute atomic E-state index is 13.3. The van der Waals surface area contributed by atoms with Crippen LogP contribution < -0.4 is 0 Å². The molecule has 0 spiro atoms. The molecule has 0 unspecified atom stereocenters. The van der Waals surface area contributed by atoms with E-state index in [2.05, 4.69) is 0 Å². The molecule has 0 aliphatic heterocycles. The van der Waals surface area contributed by atoms with Crippen molar-refractivity contribution >= 4 is 17.4 Å². The number of benzene rings is 1. The van der Waals surface area contributed by atoms with E-state index in [-0.39, 0.29) is 10.6 Å². The minimum Gasteiger partial charge on any atom is -0.383 e. The largest absolute Gasteiger partial charge is 0.383 e. The molecule has 2 nitrogen and oxygen atoms in total. The highest BCUT2D eigenvalue weighted by molar-refractivity contribution is 6.34. The van der Waals surface area contributed by atoms with Crippen LogP contribution in [-0.4, -0.2) is 24.8 Å². The Hall–Kier alpha value is -1.35. The van der Waals surface area contributed by atoms with E-state index in [4.69, 9.17) is 11.6 Å². The number of carbonyl (C=O) groups is 1. The van der Waals surface area contributed by atoms with E-state index in [9.17, 15) is 9.18 Å². The molecule has 0 N–H and O–H groups in total. The fourth-order valence-electron chi connectivity index (χ4n) is 1.03. The number of allylic oxidation sites excluding steroid dienone is 1. The van der Waals surface area contributed by atoms with Crippen molar-refractivity contribution in [3.05, 3.63) is 46.9 Å². The fourth-order valence-corrected chi connectivity index (χ4v) is 1.29. The molecular formula is C11H11ClFNO. The van der Waals surface area contributed by atoms with E-state index in [0.717, 1.165) is 0 Å². The van der Waals surface area contributed by atoms with Crippen LogP contribution in [0.5, 0.6) is 0 Å². The third-order valence-electron chi connectivity index (χ3n) is 1.73. The lowest BCUT2D eigenvalue weighted by molar-refractivity contribution is 0.104. The van der Waals surface area contributed by atoms with Crippen LogP contribution in [-0.2, 0) is 0 Å². The van der Waals surface area contributed by atoms with E-state index in [1.165, 1.54) is 24.3 Å². The standard InChI is InChI=1S/C11H11ClFNO/c1-14(2)7-6-10(15)11-8(12)4-3-5-9(11)13/h3-7H,1-2H3. The van der Waals surface area contributed by atoms with E-state index < -0.39 is 11.6 Å². The molecule has 0 saturated carbocycles. The lowest BCUT2D eigenvalue weighted by Crippen LogP contribution is -2.05. The van der Waals surface area contributed by atoms with Gasteiger partial charge < -0.3 is 4.90 Å². The van der Waals surface area contributed by atoms with Crippen molar-refractivity contribution in [3.63, 3.8) is 0 Å². The molecule has 1 aromatic carbocycles. The zero-order chi connectivity index (χ0) is 11.4. The van der Waals surface area contributed by atoms with Gasteiger partial charge in [-0.1, -0.05) is 17.7 Å². The van der Waals surface area contributed by atoms with Gasteiger partial charge in [-0.2, -0.15) is 0 Å². The van der Waals surface area contributed by atoms with Gasteiger partial charge in [-0.15, -0.1) is 0 Å². The molecule has 1 aromatic rings. The van der Waals surface area contributed by atoms with Crippen molar-refractivity contribution in [1.82, 2.24) is 4.90 Å². The van der Waals surface area contributed by atoms with E-state index >= 15 is 0 Å². The zero-order valence-electron chi connectivity index (χ0n) is 8.50. The number of nitrogens with zero attached hydrogens (tertiary/aromatic N) is 1. The third-order valence-corrected chi connectivity index (χ3v) is 2.05. The molecule has 0 atom stereocenters. The van der Waals surface area contributed by atoms with Crippen LogP contribution in [0, 0.1) is 5.82 Å². The predicted molar refractivity (Wildman–Crippen MR) is 58.6 cm³/mol. The quantitative estimate of drug-likeness (QED) is 0.585. The van der Waals surface area contributed by atoms with Crippen molar-refractivity contribution in [2.75, 3.05) is 14.1 Å². The second-order valence-corrected chi connectivity index (χ2v) is 3.65. The second kappa shape index (κ2) is 4.94. The van der Waals surface area contributed by atoms with Gasteiger partial charge in [0.2, 0.25) is 0 Å². The number of halogens is 2. The highest BCUT2D eigenvalue weighted by atomic mass is 35.5. The minimum absolute atomic E-state index is 0.0859. The van der Waals surface area contributed by atoms with Gasteiger partial charge in [-0.3, -0.25) is 4.79 Å². The first-order valence-corrected chi connectivity index (χ1v) is 4.73. The van der Waals surface area contributed by atoms with Gasteiger partial charge >= 0.3 is 0 Å². The van der Waals surface area contributed by atoms with Crippen LogP contribution in [0.2, 0.25) is 5.02 Å². The molecule has 0 aliphatic carbocycles. The molecule has 0 aromatic heterocycles. The van der Waals surface area contributed by atoms with Crippen LogP contribution in [0.15, 0.2) is 30.5 Å². The third kappa shape index (κ3) is 3.06. The zero-order valence-corrected chi connectivity index (χ0v) is 9.25. The summed E-state index contributed by atoms with van der Waals surface area (Å²) in [6.07, 6.45) is 2.83. The van der Waals surface area contributed by atoms with Crippen molar-refractivity contribution in [1.29, 1.82) is 0 Å². The molecule has 1 rings (SSSR count). The topological polar surface area (TPSA) is 20.3 Å². The summed E-state index contributed by atoms with van der Waals surface area (Å²) in [5.41, 5.74) is -0.0859. The molecule has 0 heterocycles. The normalized spacial score (nSPS) is 10.7. The molecule has 4 heteroatoms. The number of ketones is 1. The highest BCUT2D eigenvalue weighted by Crippen LogP contribution is 2.19.